The molecule has 3 N–H and O–H groups in total. The summed E-state index contributed by atoms with van der Waals surface area (Å²) in [5, 5.41) is 14.4. The third-order valence-corrected chi connectivity index (χ3v) is 7.10. The molecule has 11 nitrogen and oxygen atoms in total. The number of ether oxygens (including phenoxy) is 3. The van der Waals surface area contributed by atoms with Crippen LogP contribution in [-0.4, -0.2) is 72.5 Å². The Morgan fingerprint density at radius 3 is 2.42 bits per heavy atom. The van der Waals surface area contributed by atoms with Gasteiger partial charge in [-0.1, -0.05) is 48.0 Å². The van der Waals surface area contributed by atoms with Gasteiger partial charge in [0.2, 0.25) is 0 Å². The number of nitrogens with zero attached hydrogens (tertiary/aromatic N) is 4. The minimum atomic E-state index is -0.647. The van der Waals surface area contributed by atoms with Gasteiger partial charge in [0.15, 0.2) is 11.8 Å². The number of benzene rings is 2. The molecule has 0 saturated carbocycles. The number of fused-ring (bicyclic) bond motifs is 2. The lowest BCUT2D eigenvalue weighted by atomic mass is 10.0. The Bertz CT molecular complexity index is 1680. The average molecular weight is 533 g/mol. The fourth-order valence-corrected chi connectivity index (χ4v) is 5.16. The molecule has 0 amide bonds. The molecule has 2 aliphatic rings. The van der Waals surface area contributed by atoms with E-state index in [4.69, 9.17) is 25.8 Å². The fraction of sp³-hybridized carbons (Fsp3) is 0.231. The van der Waals surface area contributed by atoms with Crippen molar-refractivity contribution in [2.24, 2.45) is 0 Å². The van der Waals surface area contributed by atoms with Crippen molar-refractivity contribution in [3.05, 3.63) is 76.4 Å². The van der Waals surface area contributed by atoms with Gasteiger partial charge in [-0.2, -0.15) is 14.8 Å². The van der Waals surface area contributed by atoms with Gasteiger partial charge in [0.1, 0.15) is 24.6 Å². The van der Waals surface area contributed by atoms with E-state index in [1.54, 1.807) is 6.07 Å². The number of hydrogen-bond acceptors (Lipinski definition) is 8. The highest BCUT2D eigenvalue weighted by molar-refractivity contribution is 6.33. The van der Waals surface area contributed by atoms with Crippen molar-refractivity contribution in [3.63, 3.8) is 0 Å². The van der Waals surface area contributed by atoms with Crippen LogP contribution >= 0.6 is 11.6 Å². The SMILES string of the molecule is O=c1[nH]cnn1-c1ccc(-c2ccc(-c3nc4nc(O[C@@H]5CO[C@H]6[C@@H]5OC[C@H]6O)[nH]c4cc3Cl)cc2)cc1. The molecule has 12 heteroatoms. The first-order valence-corrected chi connectivity index (χ1v) is 12.4. The molecule has 5 aromatic rings. The lowest BCUT2D eigenvalue weighted by Crippen LogP contribution is -2.34. The Hall–Kier alpha value is -4.03. The number of aromatic amines is 2. The van der Waals surface area contributed by atoms with Gasteiger partial charge < -0.3 is 24.3 Å². The van der Waals surface area contributed by atoms with Gasteiger partial charge in [-0.15, -0.1) is 0 Å². The molecule has 7 rings (SSSR count). The largest absolute Gasteiger partial charge is 0.456 e. The summed E-state index contributed by atoms with van der Waals surface area (Å²) >= 11 is 6.59. The molecule has 4 atom stereocenters. The van der Waals surface area contributed by atoms with E-state index in [2.05, 4.69) is 25.0 Å². The van der Waals surface area contributed by atoms with Gasteiger partial charge in [-0.05, 0) is 29.3 Å². The molecule has 38 heavy (non-hydrogen) atoms. The molecule has 0 aliphatic carbocycles. The number of aromatic nitrogens is 6. The highest BCUT2D eigenvalue weighted by atomic mass is 35.5. The summed E-state index contributed by atoms with van der Waals surface area (Å²) in [4.78, 5) is 26.6. The van der Waals surface area contributed by atoms with E-state index in [0.717, 1.165) is 16.7 Å². The van der Waals surface area contributed by atoms with Gasteiger partial charge in [0.05, 0.1) is 35.1 Å². The lowest BCUT2D eigenvalue weighted by Gasteiger charge is -2.15. The molecule has 0 radical (unpaired) electrons. The molecule has 2 saturated heterocycles. The van der Waals surface area contributed by atoms with Crippen LogP contribution in [0.25, 0.3) is 39.2 Å². The number of aliphatic hydroxyl groups is 1. The molecule has 0 spiro atoms. The maximum atomic E-state index is 11.8. The highest BCUT2D eigenvalue weighted by Gasteiger charge is 2.48. The zero-order valence-corrected chi connectivity index (χ0v) is 20.5. The van der Waals surface area contributed by atoms with E-state index < -0.39 is 6.10 Å². The molecule has 2 fully saturated rings. The van der Waals surface area contributed by atoms with Gasteiger partial charge in [0.25, 0.3) is 6.01 Å². The van der Waals surface area contributed by atoms with Crippen LogP contribution < -0.4 is 10.4 Å². The van der Waals surface area contributed by atoms with Crippen LogP contribution in [0.4, 0.5) is 0 Å². The minimum absolute atomic E-state index is 0.229. The van der Waals surface area contributed by atoms with Crippen molar-refractivity contribution in [2.45, 2.75) is 24.4 Å². The first-order chi connectivity index (χ1) is 18.5. The van der Waals surface area contributed by atoms with Crippen LogP contribution in [0.15, 0.2) is 65.7 Å². The normalized spacial score (nSPS) is 22.7. The van der Waals surface area contributed by atoms with Gasteiger partial charge in [-0.3, -0.25) is 4.98 Å². The highest BCUT2D eigenvalue weighted by Crippen LogP contribution is 2.33. The third-order valence-electron chi connectivity index (χ3n) is 6.81. The van der Waals surface area contributed by atoms with Gasteiger partial charge >= 0.3 is 5.69 Å². The zero-order chi connectivity index (χ0) is 25.8. The standard InChI is InChI=1S/C26H21ClN6O5/c27-17-9-18-24(32-25(30-18)38-20-11-37-22-19(34)10-36-23(20)22)31-21(17)15-3-1-13(2-4-15)14-5-7-16(8-6-14)33-26(35)28-12-29-33/h1-9,12,19-20,22-23,34H,10-11H2,(H,28,29,35)(H,30,31,32)/t19-,20-,22-,23-/m1/s1. The summed E-state index contributed by atoms with van der Waals surface area (Å²) in [5.74, 6) is 0. The van der Waals surface area contributed by atoms with Crippen LogP contribution in [0.1, 0.15) is 0 Å². The number of hydrogen-bond donors (Lipinski definition) is 3. The molecular weight excluding hydrogens is 512 g/mol. The van der Waals surface area contributed by atoms with E-state index in [-0.39, 0.29) is 36.6 Å². The first kappa shape index (κ1) is 23.1. The minimum Gasteiger partial charge on any atom is -0.456 e. The molecule has 0 bridgehead atoms. The van der Waals surface area contributed by atoms with Crippen molar-refractivity contribution in [1.82, 2.24) is 29.7 Å². The van der Waals surface area contributed by atoms with Crippen molar-refractivity contribution >= 4 is 22.8 Å². The maximum Gasteiger partial charge on any atom is 0.347 e. The summed E-state index contributed by atoms with van der Waals surface area (Å²) in [6, 6.07) is 17.5. The van der Waals surface area contributed by atoms with E-state index in [1.165, 1.54) is 11.0 Å². The average Bonchev–Trinajstić information content (AvgIpc) is 3.71. The zero-order valence-electron chi connectivity index (χ0n) is 19.7. The van der Waals surface area contributed by atoms with Crippen molar-refractivity contribution in [1.29, 1.82) is 0 Å². The van der Waals surface area contributed by atoms with Crippen LogP contribution in [0.2, 0.25) is 5.02 Å². The number of halogens is 1. The van der Waals surface area contributed by atoms with Crippen LogP contribution in [0.5, 0.6) is 6.01 Å². The monoisotopic (exact) mass is 532 g/mol. The second-order valence-corrected chi connectivity index (χ2v) is 9.59. The first-order valence-electron chi connectivity index (χ1n) is 12.0. The number of H-pyrrole nitrogens is 2. The topological polar surface area (TPSA) is 140 Å². The molecule has 2 aromatic carbocycles. The Morgan fingerprint density at radius 1 is 0.974 bits per heavy atom. The quantitative estimate of drug-likeness (QED) is 0.314. The molecule has 5 heterocycles. The number of aliphatic hydroxyl groups excluding tert-OH is 1. The Morgan fingerprint density at radius 2 is 1.68 bits per heavy atom. The molecule has 3 aromatic heterocycles. The van der Waals surface area contributed by atoms with E-state index in [1.807, 2.05) is 48.5 Å². The van der Waals surface area contributed by atoms with Crippen molar-refractivity contribution < 1.29 is 19.3 Å². The number of pyridine rings is 1. The second kappa shape index (κ2) is 9.07. The summed E-state index contributed by atoms with van der Waals surface area (Å²) in [7, 11) is 0. The molecule has 2 aliphatic heterocycles. The molecule has 0 unspecified atom stereocenters. The van der Waals surface area contributed by atoms with Gasteiger partial charge in [0, 0.05) is 5.56 Å². The summed E-state index contributed by atoms with van der Waals surface area (Å²) in [5.41, 5.74) is 4.93. The number of nitrogens with one attached hydrogen (secondary N) is 2. The van der Waals surface area contributed by atoms with Crippen LogP contribution in [0.3, 0.4) is 0 Å². The maximum absolute atomic E-state index is 11.8. The van der Waals surface area contributed by atoms with E-state index >= 15 is 0 Å². The predicted octanol–water partition coefficient (Wildman–Crippen LogP) is 2.73. The van der Waals surface area contributed by atoms with Crippen LogP contribution in [-0.2, 0) is 9.47 Å². The number of rotatable bonds is 5. The van der Waals surface area contributed by atoms with Crippen molar-refractivity contribution in [3.8, 4) is 34.1 Å². The Kier molecular flexibility index (Phi) is 5.51. The third kappa shape index (κ3) is 3.96. The summed E-state index contributed by atoms with van der Waals surface area (Å²) < 4.78 is 18.5. The molecule has 192 valence electrons. The second-order valence-electron chi connectivity index (χ2n) is 9.18. The predicted molar refractivity (Wildman–Crippen MR) is 137 cm³/mol. The lowest BCUT2D eigenvalue weighted by molar-refractivity contribution is 0.00706. The van der Waals surface area contributed by atoms with Crippen molar-refractivity contribution in [2.75, 3.05) is 13.2 Å². The summed E-state index contributed by atoms with van der Waals surface area (Å²) in [6.45, 7) is 0.534. The molecular formula is C26H21ClN6O5. The fourth-order valence-electron chi connectivity index (χ4n) is 4.90. The van der Waals surface area contributed by atoms with E-state index in [9.17, 15) is 9.90 Å². The summed E-state index contributed by atoms with van der Waals surface area (Å²) in [6.07, 6.45) is -0.392. The smallest absolute Gasteiger partial charge is 0.347 e. The van der Waals surface area contributed by atoms with Gasteiger partial charge in [-0.25, -0.2) is 9.78 Å². The van der Waals surface area contributed by atoms with Crippen LogP contribution in [0, 0.1) is 0 Å². The Labute approximate surface area is 220 Å². The van der Waals surface area contributed by atoms with E-state index in [0.29, 0.717) is 34.2 Å². The number of imidazole rings is 1. The Balaban J connectivity index is 1.11.